The number of nitrogens with one attached hydrogen (secondary N) is 2. The van der Waals surface area contributed by atoms with Crippen molar-refractivity contribution in [2.45, 2.75) is 6.54 Å². The van der Waals surface area contributed by atoms with Gasteiger partial charge in [-0.25, -0.2) is 4.79 Å². The molecule has 3 rings (SSSR count). The molecule has 1 aromatic heterocycles. The molecule has 3 aromatic rings. The van der Waals surface area contributed by atoms with Gasteiger partial charge in [-0.15, -0.1) is 0 Å². The first kappa shape index (κ1) is 23.7. The van der Waals surface area contributed by atoms with Gasteiger partial charge >= 0.3 is 5.97 Å². The third-order valence-corrected chi connectivity index (χ3v) is 5.19. The number of nitrogens with zero attached hydrogens (tertiary/aromatic N) is 1. The lowest BCUT2D eigenvalue weighted by molar-refractivity contribution is -0.132. The van der Waals surface area contributed by atoms with Gasteiger partial charge in [-0.1, -0.05) is 30.3 Å². The lowest BCUT2D eigenvalue weighted by Crippen LogP contribution is -2.24. The number of fused-ring (bicyclic) bond motifs is 1. The molecule has 0 aliphatic carbocycles. The van der Waals surface area contributed by atoms with E-state index in [4.69, 9.17) is 29.6 Å². The molecule has 0 radical (unpaired) electrons. The van der Waals surface area contributed by atoms with Crippen molar-refractivity contribution in [1.82, 2.24) is 14.9 Å². The Kier molecular flexibility index (Phi) is 7.27. The normalized spacial score (nSPS) is 11.6. The molecule has 0 unspecified atom stereocenters. The number of hydrogen-bond acceptors (Lipinski definition) is 5. The van der Waals surface area contributed by atoms with Crippen molar-refractivity contribution in [2.75, 3.05) is 0 Å². The summed E-state index contributed by atoms with van der Waals surface area (Å²) in [7, 11) is 0. The number of rotatable bonds is 7. The van der Waals surface area contributed by atoms with Crippen LogP contribution in [0.25, 0.3) is 16.6 Å². The van der Waals surface area contributed by atoms with E-state index in [0.29, 0.717) is 22.6 Å². The maximum atomic E-state index is 13.0. The van der Waals surface area contributed by atoms with E-state index < -0.39 is 11.5 Å². The van der Waals surface area contributed by atoms with Crippen LogP contribution in [0.2, 0.25) is 5.02 Å². The summed E-state index contributed by atoms with van der Waals surface area (Å²) >= 11 is 11.1. The smallest absolute Gasteiger partial charge is 0.335 e. The van der Waals surface area contributed by atoms with E-state index in [1.165, 1.54) is 30.4 Å². The van der Waals surface area contributed by atoms with Gasteiger partial charge in [0.1, 0.15) is 0 Å². The van der Waals surface area contributed by atoms with Crippen molar-refractivity contribution in [3.63, 3.8) is 0 Å². The Morgan fingerprint density at radius 3 is 2.58 bits per heavy atom. The molecule has 5 N–H and O–H groups in total. The molecular formula is C23H19ClN4O4S. The maximum absolute atomic E-state index is 13.0. The highest BCUT2D eigenvalue weighted by Crippen LogP contribution is 2.15. The van der Waals surface area contributed by atoms with Gasteiger partial charge in [0.15, 0.2) is 4.77 Å². The van der Waals surface area contributed by atoms with E-state index in [1.807, 2.05) is 12.1 Å². The number of carboxylic acid groups (broad SMARTS) is 1. The number of hydrogen-bond donors (Lipinski definition) is 4. The summed E-state index contributed by atoms with van der Waals surface area (Å²) in [5.41, 5.74) is 6.21. The van der Waals surface area contributed by atoms with Gasteiger partial charge in [0.05, 0.1) is 16.5 Å². The average Bonchev–Trinajstić information content (AvgIpc) is 2.77. The Balaban J connectivity index is 1.92. The molecule has 1 amide bonds. The fraction of sp³-hybridized carbons (Fsp3) is 0.0435. The Morgan fingerprint density at radius 1 is 1.24 bits per heavy atom. The largest absolute Gasteiger partial charge is 0.478 e. The topological polar surface area (TPSA) is 130 Å². The fourth-order valence-electron chi connectivity index (χ4n) is 3.04. The number of nitrogens with two attached hydrogens (primary N) is 1. The first-order valence-corrected chi connectivity index (χ1v) is 10.3. The van der Waals surface area contributed by atoms with Crippen molar-refractivity contribution < 1.29 is 14.7 Å². The number of halogens is 1. The molecule has 0 aliphatic heterocycles. The predicted octanol–water partition coefficient (Wildman–Crippen LogP) is 3.60. The number of benzene rings is 2. The average molecular weight is 483 g/mol. The SMILES string of the molecule is C=C(/C=C(\C=C/N)C(=O)O)n1c(=S)[nH]c2cc(C(=O)NCc3ccc(Cl)cc3)ccc2c1=O. The minimum atomic E-state index is -1.24. The van der Waals surface area contributed by atoms with Gasteiger partial charge in [0, 0.05) is 22.8 Å². The summed E-state index contributed by atoms with van der Waals surface area (Å²) < 4.78 is 1.07. The van der Waals surface area contributed by atoms with Crippen molar-refractivity contribution >= 4 is 52.3 Å². The van der Waals surface area contributed by atoms with Crippen LogP contribution < -0.4 is 16.6 Å². The lowest BCUT2D eigenvalue weighted by Gasteiger charge is -2.10. The summed E-state index contributed by atoms with van der Waals surface area (Å²) in [5.74, 6) is -1.57. The van der Waals surface area contributed by atoms with E-state index in [2.05, 4.69) is 16.9 Å². The van der Waals surface area contributed by atoms with Gasteiger partial charge in [0.25, 0.3) is 11.5 Å². The molecule has 33 heavy (non-hydrogen) atoms. The number of aromatic amines is 1. The van der Waals surface area contributed by atoms with Gasteiger partial charge in [-0.3, -0.25) is 14.2 Å². The van der Waals surface area contributed by atoms with Crippen LogP contribution in [-0.4, -0.2) is 26.5 Å². The van der Waals surface area contributed by atoms with Crippen LogP contribution in [0.15, 0.2) is 77.8 Å². The highest BCUT2D eigenvalue weighted by atomic mass is 35.5. The van der Waals surface area contributed by atoms with Crippen molar-refractivity contribution in [3.8, 4) is 0 Å². The third kappa shape index (κ3) is 5.46. The standard InChI is InChI=1S/C23H19ClN4O4S/c1-13(10-16(8-9-25)22(31)32)28-21(30)18-7-4-15(11-19(18)27-23(28)33)20(29)26-12-14-2-5-17(24)6-3-14/h2-11H,1,12,25H2,(H,26,29)(H,27,33)(H,31,32)/b9-8-,16-10+. The second-order valence-electron chi connectivity index (χ2n) is 6.90. The number of aliphatic carboxylic acids is 1. The molecule has 0 saturated heterocycles. The maximum Gasteiger partial charge on any atom is 0.335 e. The minimum Gasteiger partial charge on any atom is -0.478 e. The molecule has 0 saturated carbocycles. The summed E-state index contributed by atoms with van der Waals surface area (Å²) in [5, 5.41) is 12.9. The van der Waals surface area contributed by atoms with E-state index >= 15 is 0 Å². The molecule has 0 aliphatic rings. The lowest BCUT2D eigenvalue weighted by atomic mass is 10.1. The molecule has 0 spiro atoms. The van der Waals surface area contributed by atoms with Crippen molar-refractivity contribution in [2.24, 2.45) is 5.73 Å². The molecule has 168 valence electrons. The minimum absolute atomic E-state index is 0.00561. The Hall–Kier alpha value is -3.95. The van der Waals surface area contributed by atoms with Crippen LogP contribution in [0.3, 0.4) is 0 Å². The van der Waals surface area contributed by atoms with Crippen LogP contribution in [0.4, 0.5) is 0 Å². The van der Waals surface area contributed by atoms with Crippen molar-refractivity contribution in [1.29, 1.82) is 0 Å². The zero-order valence-corrected chi connectivity index (χ0v) is 18.7. The Morgan fingerprint density at radius 2 is 1.94 bits per heavy atom. The molecule has 0 bridgehead atoms. The van der Waals surface area contributed by atoms with Gasteiger partial charge < -0.3 is 21.1 Å². The monoisotopic (exact) mass is 482 g/mol. The van der Waals surface area contributed by atoms with E-state index in [9.17, 15) is 19.5 Å². The molecule has 10 heteroatoms. The summed E-state index contributed by atoms with van der Waals surface area (Å²) in [6.07, 6.45) is 3.42. The number of aromatic nitrogens is 2. The number of carboxylic acids is 1. The van der Waals surface area contributed by atoms with Gasteiger partial charge in [-0.2, -0.15) is 0 Å². The molecule has 2 aromatic carbocycles. The van der Waals surface area contributed by atoms with Crippen LogP contribution >= 0.6 is 23.8 Å². The second-order valence-corrected chi connectivity index (χ2v) is 7.72. The number of amides is 1. The summed E-state index contributed by atoms with van der Waals surface area (Å²) in [6.45, 7) is 4.06. The number of allylic oxidation sites excluding steroid dienone is 2. The van der Waals surface area contributed by atoms with Gasteiger partial charge in [-0.05, 0) is 66.5 Å². The molecular weight excluding hydrogens is 464 g/mol. The Labute approximate surface area is 198 Å². The molecule has 1 heterocycles. The third-order valence-electron chi connectivity index (χ3n) is 4.66. The first-order chi connectivity index (χ1) is 15.7. The van der Waals surface area contributed by atoms with Crippen LogP contribution in [0.1, 0.15) is 15.9 Å². The quantitative estimate of drug-likeness (QED) is 0.231. The Bertz CT molecular complexity index is 1440. The molecule has 8 nitrogen and oxygen atoms in total. The van der Waals surface area contributed by atoms with Gasteiger partial charge in [0.2, 0.25) is 0 Å². The highest BCUT2D eigenvalue weighted by molar-refractivity contribution is 7.71. The second kappa shape index (κ2) is 10.1. The highest BCUT2D eigenvalue weighted by Gasteiger charge is 2.13. The number of carbonyl (C=O) groups excluding carboxylic acids is 1. The zero-order valence-electron chi connectivity index (χ0n) is 17.2. The number of carbonyl (C=O) groups is 2. The summed E-state index contributed by atoms with van der Waals surface area (Å²) in [4.78, 5) is 39.8. The first-order valence-electron chi connectivity index (χ1n) is 9.55. The van der Waals surface area contributed by atoms with Crippen LogP contribution in [0.5, 0.6) is 0 Å². The molecule has 0 fully saturated rings. The fourth-order valence-corrected chi connectivity index (χ4v) is 3.47. The van der Waals surface area contributed by atoms with E-state index in [1.54, 1.807) is 12.1 Å². The summed E-state index contributed by atoms with van der Waals surface area (Å²) in [6, 6.07) is 11.6. The van der Waals surface area contributed by atoms with Crippen LogP contribution in [0, 0.1) is 4.77 Å². The number of H-pyrrole nitrogens is 1. The van der Waals surface area contributed by atoms with E-state index in [0.717, 1.165) is 16.3 Å². The molecule has 0 atom stereocenters. The van der Waals surface area contributed by atoms with E-state index in [-0.39, 0.29) is 27.3 Å². The predicted molar refractivity (Wildman–Crippen MR) is 130 cm³/mol. The van der Waals surface area contributed by atoms with Crippen LogP contribution in [-0.2, 0) is 11.3 Å². The van der Waals surface area contributed by atoms with Crippen molar-refractivity contribution in [3.05, 3.63) is 104 Å². The zero-order chi connectivity index (χ0) is 24.1.